The fourth-order valence-electron chi connectivity index (χ4n) is 4.33. The van der Waals surface area contributed by atoms with Gasteiger partial charge in [0, 0.05) is 24.3 Å². The third-order valence-electron chi connectivity index (χ3n) is 5.95. The van der Waals surface area contributed by atoms with Crippen LogP contribution in [0.1, 0.15) is 37.2 Å². The number of hydrogen-bond donors (Lipinski definition) is 1. The summed E-state index contributed by atoms with van der Waals surface area (Å²) in [6.07, 6.45) is 6.92. The molecule has 3 aromatic rings. The molecule has 6 heteroatoms. The number of methoxy groups -OCH3 is 1. The molecule has 5 rings (SSSR count). The topological polar surface area (TPSA) is 54.7 Å². The highest BCUT2D eigenvalue weighted by molar-refractivity contribution is 5.80. The summed E-state index contributed by atoms with van der Waals surface area (Å²) in [5, 5.41) is 12.9. The second kappa shape index (κ2) is 7.09. The number of ether oxygens (including phenoxy) is 1. The Morgan fingerprint density at radius 1 is 1.14 bits per heavy atom. The standard InChI is InChI=1S/C22H27N5O/c1-26-11-3-5-16(14-26)23-22-25-24-21(20-6-4-12-27(20)22)18-10-9-17(28-2)13-19(18)15-7-8-15/h4,6,9-10,12-13,15-16H,3,5,7-8,11,14H2,1-2H3,(H,23,25)/t16-/m1/s1. The second-order valence-electron chi connectivity index (χ2n) is 8.11. The molecule has 0 radical (unpaired) electrons. The summed E-state index contributed by atoms with van der Waals surface area (Å²) < 4.78 is 7.59. The second-order valence-corrected chi connectivity index (χ2v) is 8.11. The molecule has 3 heterocycles. The lowest BCUT2D eigenvalue weighted by Gasteiger charge is -2.30. The molecule has 1 N–H and O–H groups in total. The van der Waals surface area contributed by atoms with Gasteiger partial charge in [0.1, 0.15) is 11.4 Å². The summed E-state index contributed by atoms with van der Waals surface area (Å²) in [5.74, 6) is 2.34. The van der Waals surface area contributed by atoms with Gasteiger partial charge in [-0.15, -0.1) is 10.2 Å². The van der Waals surface area contributed by atoms with Crippen molar-refractivity contribution in [3.05, 3.63) is 42.1 Å². The number of rotatable bonds is 5. The highest BCUT2D eigenvalue weighted by atomic mass is 16.5. The van der Waals surface area contributed by atoms with E-state index in [0.717, 1.165) is 29.5 Å². The fraction of sp³-hybridized carbons (Fsp3) is 0.455. The zero-order chi connectivity index (χ0) is 19.1. The molecule has 0 amide bonds. The molecular formula is C22H27N5O. The number of piperidine rings is 1. The quantitative estimate of drug-likeness (QED) is 0.733. The van der Waals surface area contributed by atoms with E-state index in [2.05, 4.69) is 62.3 Å². The van der Waals surface area contributed by atoms with Crippen molar-refractivity contribution >= 4 is 11.5 Å². The minimum Gasteiger partial charge on any atom is -0.497 e. The van der Waals surface area contributed by atoms with E-state index in [9.17, 15) is 0 Å². The maximum Gasteiger partial charge on any atom is 0.228 e. The van der Waals surface area contributed by atoms with Gasteiger partial charge in [0.25, 0.3) is 0 Å². The number of anilines is 1. The minimum absolute atomic E-state index is 0.410. The lowest BCUT2D eigenvalue weighted by Crippen LogP contribution is -2.40. The highest BCUT2D eigenvalue weighted by Gasteiger charge is 2.28. The van der Waals surface area contributed by atoms with E-state index >= 15 is 0 Å². The van der Waals surface area contributed by atoms with E-state index in [1.807, 2.05) is 6.07 Å². The van der Waals surface area contributed by atoms with Crippen LogP contribution in [0.2, 0.25) is 0 Å². The van der Waals surface area contributed by atoms with Crippen LogP contribution in [-0.2, 0) is 0 Å². The number of nitrogens with one attached hydrogen (secondary N) is 1. The van der Waals surface area contributed by atoms with E-state index in [1.54, 1.807) is 7.11 Å². The normalized spacial score (nSPS) is 20.4. The first-order chi connectivity index (χ1) is 13.7. The largest absolute Gasteiger partial charge is 0.497 e. The van der Waals surface area contributed by atoms with Crippen molar-refractivity contribution in [1.82, 2.24) is 19.5 Å². The predicted molar refractivity (Wildman–Crippen MR) is 111 cm³/mol. The van der Waals surface area contributed by atoms with E-state index in [-0.39, 0.29) is 0 Å². The smallest absolute Gasteiger partial charge is 0.228 e. The van der Waals surface area contributed by atoms with Gasteiger partial charge < -0.3 is 15.0 Å². The van der Waals surface area contributed by atoms with Crippen LogP contribution in [0, 0.1) is 0 Å². The first-order valence-electron chi connectivity index (χ1n) is 10.2. The maximum absolute atomic E-state index is 5.45. The Kier molecular flexibility index (Phi) is 4.43. The lowest BCUT2D eigenvalue weighted by molar-refractivity contribution is 0.260. The third-order valence-corrected chi connectivity index (χ3v) is 5.95. The van der Waals surface area contributed by atoms with E-state index < -0.39 is 0 Å². The van der Waals surface area contributed by atoms with Crippen molar-refractivity contribution in [1.29, 1.82) is 0 Å². The van der Waals surface area contributed by atoms with Crippen molar-refractivity contribution in [2.75, 3.05) is 32.6 Å². The molecule has 0 unspecified atom stereocenters. The number of aromatic nitrogens is 3. The summed E-state index contributed by atoms with van der Waals surface area (Å²) in [6.45, 7) is 2.21. The summed E-state index contributed by atoms with van der Waals surface area (Å²) in [7, 11) is 3.90. The molecule has 6 nitrogen and oxygen atoms in total. The van der Waals surface area contributed by atoms with Crippen LogP contribution in [0.25, 0.3) is 16.8 Å². The van der Waals surface area contributed by atoms with Gasteiger partial charge in [-0.1, -0.05) is 0 Å². The van der Waals surface area contributed by atoms with Gasteiger partial charge in [0.15, 0.2) is 0 Å². The predicted octanol–water partition coefficient (Wildman–Crippen LogP) is 3.79. The summed E-state index contributed by atoms with van der Waals surface area (Å²) >= 11 is 0. The van der Waals surface area contributed by atoms with Crippen LogP contribution >= 0.6 is 0 Å². The molecular weight excluding hydrogens is 350 g/mol. The van der Waals surface area contributed by atoms with Gasteiger partial charge in [-0.3, -0.25) is 4.40 Å². The Bertz CT molecular complexity index is 994. The Morgan fingerprint density at radius 3 is 2.82 bits per heavy atom. The van der Waals surface area contributed by atoms with Gasteiger partial charge in [-0.25, -0.2) is 0 Å². The summed E-state index contributed by atoms with van der Waals surface area (Å²) in [6, 6.07) is 10.9. The van der Waals surface area contributed by atoms with Crippen LogP contribution in [0.5, 0.6) is 5.75 Å². The zero-order valence-corrected chi connectivity index (χ0v) is 16.6. The van der Waals surface area contributed by atoms with E-state index in [1.165, 1.54) is 43.4 Å². The minimum atomic E-state index is 0.410. The molecule has 1 saturated carbocycles. The molecule has 0 spiro atoms. The van der Waals surface area contributed by atoms with Crippen molar-refractivity contribution in [2.24, 2.45) is 0 Å². The molecule has 28 heavy (non-hydrogen) atoms. The van der Waals surface area contributed by atoms with Crippen LogP contribution in [0.15, 0.2) is 36.5 Å². The molecule has 1 aliphatic carbocycles. The fourth-order valence-corrected chi connectivity index (χ4v) is 4.33. The van der Waals surface area contributed by atoms with Crippen LogP contribution in [0.3, 0.4) is 0 Å². The molecule has 2 aromatic heterocycles. The van der Waals surface area contributed by atoms with Gasteiger partial charge in [-0.05, 0) is 81.1 Å². The van der Waals surface area contributed by atoms with E-state index in [4.69, 9.17) is 4.74 Å². The van der Waals surface area contributed by atoms with Crippen molar-refractivity contribution in [2.45, 2.75) is 37.6 Å². The molecule has 1 aliphatic heterocycles. The number of likely N-dealkylation sites (N-methyl/N-ethyl adjacent to an activating group) is 1. The number of fused-ring (bicyclic) bond motifs is 1. The number of hydrogen-bond acceptors (Lipinski definition) is 5. The lowest BCUT2D eigenvalue weighted by atomic mass is 9.99. The molecule has 2 fully saturated rings. The first kappa shape index (κ1) is 17.5. The number of benzene rings is 1. The Hall–Kier alpha value is -2.60. The van der Waals surface area contributed by atoms with Gasteiger partial charge in [-0.2, -0.15) is 0 Å². The summed E-state index contributed by atoms with van der Waals surface area (Å²) in [5.41, 5.74) is 4.53. The number of likely N-dealkylation sites (tertiary alicyclic amines) is 1. The van der Waals surface area contributed by atoms with Gasteiger partial charge in [0.2, 0.25) is 5.95 Å². The van der Waals surface area contributed by atoms with Crippen molar-refractivity contribution in [3.63, 3.8) is 0 Å². The summed E-state index contributed by atoms with van der Waals surface area (Å²) in [4.78, 5) is 2.37. The third kappa shape index (κ3) is 3.22. The zero-order valence-electron chi connectivity index (χ0n) is 16.6. The Labute approximate surface area is 165 Å². The molecule has 1 atom stereocenters. The molecule has 2 aliphatic rings. The Balaban J connectivity index is 1.53. The number of nitrogens with zero attached hydrogens (tertiary/aromatic N) is 4. The van der Waals surface area contributed by atoms with Crippen molar-refractivity contribution < 1.29 is 4.74 Å². The average molecular weight is 377 g/mol. The highest BCUT2D eigenvalue weighted by Crippen LogP contribution is 2.46. The Morgan fingerprint density at radius 2 is 2.04 bits per heavy atom. The molecule has 0 bridgehead atoms. The maximum atomic E-state index is 5.45. The van der Waals surface area contributed by atoms with Crippen LogP contribution in [0.4, 0.5) is 5.95 Å². The first-order valence-corrected chi connectivity index (χ1v) is 10.2. The van der Waals surface area contributed by atoms with Crippen LogP contribution in [-0.4, -0.2) is 52.8 Å². The SMILES string of the molecule is COc1ccc(-c2nnc(N[C@@H]3CCCN(C)C3)n3cccc23)c(C2CC2)c1. The monoisotopic (exact) mass is 377 g/mol. The van der Waals surface area contributed by atoms with E-state index in [0.29, 0.717) is 12.0 Å². The molecule has 146 valence electrons. The molecule has 1 aromatic carbocycles. The molecule has 1 saturated heterocycles. The van der Waals surface area contributed by atoms with Crippen molar-refractivity contribution in [3.8, 4) is 17.0 Å². The average Bonchev–Trinajstić information content (AvgIpc) is 3.44. The van der Waals surface area contributed by atoms with Gasteiger partial charge in [0.05, 0.1) is 12.6 Å². The van der Waals surface area contributed by atoms with Gasteiger partial charge >= 0.3 is 0 Å². The van der Waals surface area contributed by atoms with Crippen LogP contribution < -0.4 is 10.1 Å².